The number of hydrogen-bond acceptors (Lipinski definition) is 4. The highest BCUT2D eigenvalue weighted by Crippen LogP contribution is 2.20. The highest BCUT2D eigenvalue weighted by molar-refractivity contribution is 5.42. The Bertz CT molecular complexity index is 604. The number of aryl methyl sites for hydroxylation is 1. The van der Waals surface area contributed by atoms with Crippen molar-refractivity contribution in [2.75, 3.05) is 18.0 Å². The van der Waals surface area contributed by atoms with Gasteiger partial charge in [-0.15, -0.1) is 0 Å². The average Bonchev–Trinajstić information content (AvgIpc) is 2.96. The highest BCUT2D eigenvalue weighted by atomic mass is 15.3. The van der Waals surface area contributed by atoms with Crippen LogP contribution in [0.4, 0.5) is 5.82 Å². The first kappa shape index (κ1) is 14.1. The van der Waals surface area contributed by atoms with Gasteiger partial charge in [-0.3, -0.25) is 0 Å². The van der Waals surface area contributed by atoms with E-state index in [0.717, 1.165) is 56.5 Å². The van der Waals surface area contributed by atoms with Gasteiger partial charge in [0.2, 0.25) is 0 Å². The Kier molecular flexibility index (Phi) is 4.20. The van der Waals surface area contributed by atoms with Crippen LogP contribution in [0.1, 0.15) is 30.4 Å². The second kappa shape index (κ2) is 6.26. The topological polar surface area (TPSA) is 46.0 Å². The summed E-state index contributed by atoms with van der Waals surface area (Å²) in [6.45, 7) is 9.04. The van der Waals surface area contributed by atoms with Crippen LogP contribution in [0, 0.1) is 6.92 Å². The lowest BCUT2D eigenvalue weighted by atomic mass is 10.2. The molecule has 2 aromatic rings. The summed E-state index contributed by atoms with van der Waals surface area (Å²) >= 11 is 0. The fraction of sp³-hybridized carbons (Fsp3) is 0.500. The van der Waals surface area contributed by atoms with Crippen molar-refractivity contribution in [2.24, 2.45) is 0 Å². The summed E-state index contributed by atoms with van der Waals surface area (Å²) in [5.74, 6) is 2.18. The molecule has 1 aliphatic rings. The maximum absolute atomic E-state index is 4.78. The van der Waals surface area contributed by atoms with Crippen LogP contribution in [0.25, 0.3) is 0 Å². The fourth-order valence-electron chi connectivity index (χ4n) is 2.71. The van der Waals surface area contributed by atoms with Crippen LogP contribution in [0.5, 0.6) is 0 Å². The molecule has 0 aliphatic carbocycles. The summed E-state index contributed by atoms with van der Waals surface area (Å²) in [6.07, 6.45) is 5.08. The van der Waals surface area contributed by atoms with Crippen molar-refractivity contribution in [1.29, 1.82) is 0 Å². The molecule has 0 atom stereocenters. The standard InChI is InChI=1S/C16H23N5/c1-3-6-17-11-14-4-5-15(19-13(14)2)21-10-9-20-8-7-18-16(20)12-21/h4-5,7-8,17H,3,6,9-12H2,1-2H3. The van der Waals surface area contributed by atoms with E-state index in [-0.39, 0.29) is 0 Å². The van der Waals surface area contributed by atoms with Crippen molar-refractivity contribution >= 4 is 5.82 Å². The minimum atomic E-state index is 0.840. The summed E-state index contributed by atoms with van der Waals surface area (Å²) in [5, 5.41) is 3.43. The summed E-state index contributed by atoms with van der Waals surface area (Å²) in [6, 6.07) is 4.33. The van der Waals surface area contributed by atoms with Crippen LogP contribution >= 0.6 is 0 Å². The average molecular weight is 285 g/mol. The Morgan fingerprint density at radius 1 is 1.29 bits per heavy atom. The Morgan fingerprint density at radius 3 is 3.00 bits per heavy atom. The van der Waals surface area contributed by atoms with Crippen LogP contribution in [0.15, 0.2) is 24.5 Å². The molecule has 0 bridgehead atoms. The molecule has 0 aromatic carbocycles. The van der Waals surface area contributed by atoms with Crippen molar-refractivity contribution in [3.63, 3.8) is 0 Å². The van der Waals surface area contributed by atoms with Crippen molar-refractivity contribution in [3.05, 3.63) is 41.6 Å². The van der Waals surface area contributed by atoms with Gasteiger partial charge in [-0.2, -0.15) is 0 Å². The minimum absolute atomic E-state index is 0.840. The smallest absolute Gasteiger partial charge is 0.129 e. The summed E-state index contributed by atoms with van der Waals surface area (Å²) in [5.41, 5.74) is 2.40. The van der Waals surface area contributed by atoms with Gasteiger partial charge in [-0.25, -0.2) is 9.97 Å². The zero-order valence-electron chi connectivity index (χ0n) is 12.8. The predicted octanol–water partition coefficient (Wildman–Crippen LogP) is 2.11. The first-order valence-electron chi connectivity index (χ1n) is 7.70. The molecule has 0 radical (unpaired) electrons. The molecule has 0 fully saturated rings. The van der Waals surface area contributed by atoms with Gasteiger partial charge in [-0.05, 0) is 31.5 Å². The van der Waals surface area contributed by atoms with Gasteiger partial charge in [0.05, 0.1) is 6.54 Å². The first-order valence-corrected chi connectivity index (χ1v) is 7.70. The minimum Gasteiger partial charge on any atom is -0.347 e. The van der Waals surface area contributed by atoms with E-state index in [9.17, 15) is 0 Å². The molecule has 0 saturated heterocycles. The SMILES string of the molecule is CCCNCc1ccc(N2CCn3ccnc3C2)nc1C. The number of hydrogen-bond donors (Lipinski definition) is 1. The fourth-order valence-corrected chi connectivity index (χ4v) is 2.71. The largest absolute Gasteiger partial charge is 0.347 e. The van der Waals surface area contributed by atoms with E-state index in [1.54, 1.807) is 0 Å². The van der Waals surface area contributed by atoms with E-state index >= 15 is 0 Å². The molecular weight excluding hydrogens is 262 g/mol. The Balaban J connectivity index is 1.71. The van der Waals surface area contributed by atoms with Gasteiger partial charge in [0.1, 0.15) is 11.6 Å². The first-order chi connectivity index (χ1) is 10.3. The number of rotatable bonds is 5. The summed E-state index contributed by atoms with van der Waals surface area (Å²) in [4.78, 5) is 11.5. The van der Waals surface area contributed by atoms with Gasteiger partial charge >= 0.3 is 0 Å². The quantitative estimate of drug-likeness (QED) is 0.855. The molecule has 3 rings (SSSR count). The number of nitrogens with one attached hydrogen (secondary N) is 1. The number of pyridine rings is 1. The van der Waals surface area contributed by atoms with Gasteiger partial charge in [0.25, 0.3) is 0 Å². The number of imidazole rings is 1. The third kappa shape index (κ3) is 3.08. The molecule has 0 unspecified atom stereocenters. The number of fused-ring (bicyclic) bond motifs is 1. The molecule has 112 valence electrons. The Morgan fingerprint density at radius 2 is 2.19 bits per heavy atom. The zero-order valence-corrected chi connectivity index (χ0v) is 12.8. The highest BCUT2D eigenvalue weighted by Gasteiger charge is 2.18. The van der Waals surface area contributed by atoms with E-state index < -0.39 is 0 Å². The van der Waals surface area contributed by atoms with Gasteiger partial charge in [0, 0.05) is 37.7 Å². The normalized spacial score (nSPS) is 14.3. The second-order valence-electron chi connectivity index (χ2n) is 5.55. The van der Waals surface area contributed by atoms with Crippen molar-refractivity contribution in [1.82, 2.24) is 19.9 Å². The van der Waals surface area contributed by atoms with Crippen LogP contribution in [0.3, 0.4) is 0 Å². The molecule has 5 nitrogen and oxygen atoms in total. The van der Waals surface area contributed by atoms with E-state index in [1.165, 1.54) is 5.56 Å². The zero-order chi connectivity index (χ0) is 14.7. The lowest BCUT2D eigenvalue weighted by Crippen LogP contribution is -2.34. The van der Waals surface area contributed by atoms with Crippen LogP contribution in [-0.2, 0) is 19.6 Å². The monoisotopic (exact) mass is 285 g/mol. The van der Waals surface area contributed by atoms with Crippen LogP contribution < -0.4 is 10.2 Å². The second-order valence-corrected chi connectivity index (χ2v) is 5.55. The number of aromatic nitrogens is 3. The van der Waals surface area contributed by atoms with E-state index in [0.29, 0.717) is 0 Å². The molecule has 0 spiro atoms. The summed E-state index contributed by atoms with van der Waals surface area (Å²) < 4.78 is 2.21. The molecule has 0 amide bonds. The van der Waals surface area contributed by atoms with Crippen LogP contribution in [-0.4, -0.2) is 27.6 Å². The Labute approximate surface area is 126 Å². The Hall–Kier alpha value is -1.88. The van der Waals surface area contributed by atoms with E-state index in [2.05, 4.69) is 45.7 Å². The van der Waals surface area contributed by atoms with Gasteiger partial charge in [0.15, 0.2) is 0 Å². The molecule has 0 saturated carbocycles. The maximum atomic E-state index is 4.78. The lowest BCUT2D eigenvalue weighted by Gasteiger charge is -2.29. The number of nitrogens with zero attached hydrogens (tertiary/aromatic N) is 4. The van der Waals surface area contributed by atoms with Gasteiger partial charge in [-0.1, -0.05) is 13.0 Å². The third-order valence-corrected chi connectivity index (χ3v) is 3.99. The van der Waals surface area contributed by atoms with Crippen molar-refractivity contribution in [3.8, 4) is 0 Å². The number of anilines is 1. The molecule has 1 N–H and O–H groups in total. The van der Waals surface area contributed by atoms with Crippen molar-refractivity contribution < 1.29 is 0 Å². The summed E-state index contributed by atoms with van der Waals surface area (Å²) in [7, 11) is 0. The third-order valence-electron chi connectivity index (χ3n) is 3.99. The molecule has 3 heterocycles. The van der Waals surface area contributed by atoms with Crippen molar-refractivity contribution in [2.45, 2.75) is 39.9 Å². The molecule has 21 heavy (non-hydrogen) atoms. The molecule has 5 heteroatoms. The van der Waals surface area contributed by atoms with E-state index in [4.69, 9.17) is 4.98 Å². The molecule has 1 aliphatic heterocycles. The van der Waals surface area contributed by atoms with Crippen LogP contribution in [0.2, 0.25) is 0 Å². The molecule has 2 aromatic heterocycles. The van der Waals surface area contributed by atoms with Gasteiger partial charge < -0.3 is 14.8 Å². The maximum Gasteiger partial charge on any atom is 0.129 e. The lowest BCUT2D eigenvalue weighted by molar-refractivity contribution is 0.555. The predicted molar refractivity (Wildman–Crippen MR) is 84.2 cm³/mol. The van der Waals surface area contributed by atoms with E-state index in [1.807, 2.05) is 12.4 Å². The molecular formula is C16H23N5.